The van der Waals surface area contributed by atoms with Gasteiger partial charge < -0.3 is 14.6 Å². The molecule has 1 N–H and O–H groups in total. The van der Waals surface area contributed by atoms with E-state index in [0.29, 0.717) is 37.9 Å². The van der Waals surface area contributed by atoms with E-state index in [1.807, 2.05) is 6.08 Å². The fraction of sp³-hybridized carbons (Fsp3) is 0.750. The van der Waals surface area contributed by atoms with Gasteiger partial charge in [-0.3, -0.25) is 4.79 Å². The highest BCUT2D eigenvalue weighted by atomic mass is 32.1. The normalized spacial score (nSPS) is 18.5. The van der Waals surface area contributed by atoms with Gasteiger partial charge in [0.15, 0.2) is 5.76 Å². The Balaban J connectivity index is 2.21. The second-order valence-electron chi connectivity index (χ2n) is 7.16. The molecule has 4 nitrogen and oxygen atoms in total. The van der Waals surface area contributed by atoms with Crippen molar-refractivity contribution in [2.45, 2.75) is 64.5 Å². The Bertz CT molecular complexity index is 470. The predicted molar refractivity (Wildman–Crippen MR) is 105 cm³/mol. The number of ketones is 1. The molecule has 0 aromatic rings. The average Bonchev–Trinajstić information content (AvgIpc) is 2.58. The Labute approximate surface area is 158 Å². The molecule has 0 amide bonds. The van der Waals surface area contributed by atoms with Gasteiger partial charge in [-0.05, 0) is 49.2 Å². The van der Waals surface area contributed by atoms with Crippen molar-refractivity contribution in [3.63, 3.8) is 0 Å². The van der Waals surface area contributed by atoms with Crippen molar-refractivity contribution in [1.29, 1.82) is 0 Å². The third kappa shape index (κ3) is 8.93. The number of ether oxygens (including phenoxy) is 2. The van der Waals surface area contributed by atoms with E-state index >= 15 is 0 Å². The third-order valence-electron chi connectivity index (χ3n) is 4.95. The maximum atomic E-state index is 11.9. The summed E-state index contributed by atoms with van der Waals surface area (Å²) < 4.78 is 11.2. The molecule has 5 heteroatoms. The van der Waals surface area contributed by atoms with Crippen LogP contribution in [-0.2, 0) is 14.3 Å². The zero-order valence-corrected chi connectivity index (χ0v) is 16.8. The van der Waals surface area contributed by atoms with E-state index in [1.165, 1.54) is 0 Å². The number of allylic oxidation sites excluding steroid dienone is 3. The highest BCUT2D eigenvalue weighted by Crippen LogP contribution is 2.34. The summed E-state index contributed by atoms with van der Waals surface area (Å²) >= 11 is 4.31. The first kappa shape index (κ1) is 22.3. The maximum absolute atomic E-state index is 11.9. The van der Waals surface area contributed by atoms with Crippen LogP contribution in [0.15, 0.2) is 23.5 Å². The molecular weight excluding hydrogens is 336 g/mol. The quantitative estimate of drug-likeness (QED) is 0.366. The number of Topliss-reactive ketones (excluding diaryl/α,β-unsaturated/α-hetero) is 1. The number of aliphatic hydroxyl groups excluding tert-OH is 1. The summed E-state index contributed by atoms with van der Waals surface area (Å²) in [5.74, 6) is -0.319. The van der Waals surface area contributed by atoms with Gasteiger partial charge in [0.2, 0.25) is 5.78 Å². The number of hydrogen-bond donors (Lipinski definition) is 2. The molecule has 25 heavy (non-hydrogen) atoms. The first-order chi connectivity index (χ1) is 11.9. The largest absolute Gasteiger partial charge is 0.504 e. The van der Waals surface area contributed by atoms with E-state index in [0.717, 1.165) is 37.9 Å². The van der Waals surface area contributed by atoms with Gasteiger partial charge in [-0.25, -0.2) is 0 Å². The van der Waals surface area contributed by atoms with Gasteiger partial charge in [0.05, 0.1) is 13.2 Å². The lowest BCUT2D eigenvalue weighted by molar-refractivity contribution is -0.114. The van der Waals surface area contributed by atoms with Crippen LogP contribution in [0.1, 0.15) is 59.3 Å². The lowest BCUT2D eigenvalue weighted by Crippen LogP contribution is -2.20. The molecular formula is C20H34O4S. The van der Waals surface area contributed by atoms with Gasteiger partial charge in [0.25, 0.3) is 0 Å². The van der Waals surface area contributed by atoms with E-state index in [1.54, 1.807) is 6.08 Å². The summed E-state index contributed by atoms with van der Waals surface area (Å²) in [5, 5.41) is 9.93. The lowest BCUT2D eigenvalue weighted by Gasteiger charge is -2.29. The van der Waals surface area contributed by atoms with Crippen molar-refractivity contribution in [2.75, 3.05) is 26.4 Å². The van der Waals surface area contributed by atoms with Gasteiger partial charge in [0.1, 0.15) is 0 Å². The van der Waals surface area contributed by atoms with Gasteiger partial charge in [0, 0.05) is 18.5 Å². The fourth-order valence-corrected chi connectivity index (χ4v) is 2.79. The van der Waals surface area contributed by atoms with E-state index in [2.05, 4.69) is 33.4 Å². The first-order valence-electron chi connectivity index (χ1n) is 9.34. The van der Waals surface area contributed by atoms with Crippen LogP contribution in [0.5, 0.6) is 0 Å². The molecule has 144 valence electrons. The van der Waals surface area contributed by atoms with Crippen molar-refractivity contribution >= 4 is 18.4 Å². The van der Waals surface area contributed by atoms with Crippen LogP contribution in [-0.4, -0.2) is 42.6 Å². The van der Waals surface area contributed by atoms with Gasteiger partial charge in [-0.15, -0.1) is 0 Å². The summed E-state index contributed by atoms with van der Waals surface area (Å²) in [6.45, 7) is 9.14. The molecule has 0 heterocycles. The summed E-state index contributed by atoms with van der Waals surface area (Å²) in [6, 6.07) is 0. The second-order valence-corrected chi connectivity index (χ2v) is 8.04. The van der Waals surface area contributed by atoms with E-state index in [-0.39, 0.29) is 17.0 Å². The lowest BCUT2D eigenvalue weighted by atomic mass is 9.78. The Morgan fingerprint density at radius 2 is 1.88 bits per heavy atom. The number of hydrogen-bond acceptors (Lipinski definition) is 5. The molecule has 2 unspecified atom stereocenters. The van der Waals surface area contributed by atoms with Crippen LogP contribution in [0.4, 0.5) is 0 Å². The van der Waals surface area contributed by atoms with Crippen molar-refractivity contribution in [2.24, 2.45) is 5.41 Å². The molecule has 1 aliphatic rings. The Hall–Kier alpha value is -0.780. The zero-order chi connectivity index (χ0) is 18.7. The number of carbonyl (C=O) groups excluding carboxylic acids is 1. The van der Waals surface area contributed by atoms with E-state index < -0.39 is 0 Å². The molecule has 0 radical (unpaired) electrons. The SMILES string of the molecule is CCC(C)(CCOCCOCCC(C)S)CCC1=CCC=C(O)C1=O. The highest BCUT2D eigenvalue weighted by Gasteiger charge is 2.25. The molecule has 0 saturated carbocycles. The molecule has 1 rings (SSSR count). The highest BCUT2D eigenvalue weighted by molar-refractivity contribution is 7.80. The molecule has 0 aliphatic heterocycles. The molecule has 0 spiro atoms. The van der Waals surface area contributed by atoms with Gasteiger partial charge in [-0.2, -0.15) is 12.6 Å². The van der Waals surface area contributed by atoms with Crippen LogP contribution in [0.2, 0.25) is 0 Å². The van der Waals surface area contributed by atoms with Crippen molar-refractivity contribution in [3.05, 3.63) is 23.5 Å². The van der Waals surface area contributed by atoms with Crippen molar-refractivity contribution in [1.82, 2.24) is 0 Å². The second kappa shape index (κ2) is 11.8. The van der Waals surface area contributed by atoms with E-state index in [9.17, 15) is 9.90 Å². The topological polar surface area (TPSA) is 55.8 Å². The molecule has 0 saturated heterocycles. The molecule has 0 fully saturated rings. The minimum atomic E-state index is -0.214. The number of rotatable bonds is 13. The van der Waals surface area contributed by atoms with Crippen LogP contribution in [0.3, 0.4) is 0 Å². The van der Waals surface area contributed by atoms with E-state index in [4.69, 9.17) is 9.47 Å². The minimum Gasteiger partial charge on any atom is -0.504 e. The molecule has 2 atom stereocenters. The Morgan fingerprint density at radius 1 is 1.20 bits per heavy atom. The van der Waals surface area contributed by atoms with Crippen LogP contribution < -0.4 is 0 Å². The first-order valence-corrected chi connectivity index (χ1v) is 9.86. The molecule has 0 aromatic heterocycles. The van der Waals surface area contributed by atoms with Crippen LogP contribution in [0, 0.1) is 5.41 Å². The Kier molecular flexibility index (Phi) is 10.5. The average molecular weight is 371 g/mol. The van der Waals surface area contributed by atoms with Gasteiger partial charge in [-0.1, -0.05) is 33.3 Å². The van der Waals surface area contributed by atoms with Crippen LogP contribution in [0.25, 0.3) is 0 Å². The summed E-state index contributed by atoms with van der Waals surface area (Å²) in [4.78, 5) is 11.9. The third-order valence-corrected chi connectivity index (χ3v) is 5.21. The fourth-order valence-electron chi connectivity index (χ4n) is 2.69. The zero-order valence-electron chi connectivity index (χ0n) is 15.9. The van der Waals surface area contributed by atoms with Crippen molar-refractivity contribution < 1.29 is 19.4 Å². The number of thiol groups is 1. The molecule has 0 bridgehead atoms. The van der Waals surface area contributed by atoms with Crippen molar-refractivity contribution in [3.8, 4) is 0 Å². The summed E-state index contributed by atoms with van der Waals surface area (Å²) in [7, 11) is 0. The van der Waals surface area contributed by atoms with Gasteiger partial charge >= 0.3 is 0 Å². The summed E-state index contributed by atoms with van der Waals surface area (Å²) in [6.07, 6.45) is 8.73. The standard InChI is InChI=1S/C20H34O4S/c1-4-20(3,10-8-17-6-5-7-18(21)19(17)22)11-13-24-15-14-23-12-9-16(2)25/h6-7,16,21,25H,4-5,8-15H2,1-3H3. The Morgan fingerprint density at radius 3 is 2.52 bits per heavy atom. The predicted octanol–water partition coefficient (Wildman–Crippen LogP) is 4.66. The minimum absolute atomic E-state index is 0.105. The number of aliphatic hydroxyl groups is 1. The monoisotopic (exact) mass is 370 g/mol. The van der Waals surface area contributed by atoms with Crippen LogP contribution >= 0.6 is 12.6 Å². The maximum Gasteiger partial charge on any atom is 0.222 e. The smallest absolute Gasteiger partial charge is 0.222 e. The number of carbonyl (C=O) groups is 1. The molecule has 1 aliphatic carbocycles. The summed E-state index contributed by atoms with van der Waals surface area (Å²) in [5.41, 5.74) is 0.882. The molecule has 0 aromatic carbocycles.